The number of halogens is 1. The molecule has 0 saturated heterocycles. The average Bonchev–Trinajstić information content (AvgIpc) is 2.61. The zero-order valence-corrected chi connectivity index (χ0v) is 8.36. The fourth-order valence-corrected chi connectivity index (χ4v) is 1.51. The van der Waals surface area contributed by atoms with E-state index in [1.165, 1.54) is 6.39 Å². The molecule has 0 saturated carbocycles. The minimum Gasteiger partial charge on any atom is -0.343 e. The maximum atomic E-state index is 4.65. The lowest BCUT2D eigenvalue weighted by Crippen LogP contribution is -1.91. The molecule has 3 nitrogen and oxygen atoms in total. The molecule has 0 aliphatic heterocycles. The van der Waals surface area contributed by atoms with Gasteiger partial charge in [0.25, 0.3) is 0 Å². The van der Waals surface area contributed by atoms with Crippen LogP contribution in [0.25, 0.3) is 0 Å². The van der Waals surface area contributed by atoms with Crippen LogP contribution in [0.1, 0.15) is 11.4 Å². The summed E-state index contributed by atoms with van der Waals surface area (Å²) in [5.41, 5.74) is 1.16. The third kappa shape index (κ3) is 1.95. The molecule has 0 aliphatic rings. The van der Waals surface area contributed by atoms with E-state index >= 15 is 0 Å². The number of rotatable bonds is 2. The number of hydrogen-bond donors (Lipinski definition) is 0. The first-order chi connectivity index (χ1) is 6.36. The average molecular weight is 239 g/mol. The van der Waals surface area contributed by atoms with Crippen molar-refractivity contribution in [3.8, 4) is 0 Å². The highest BCUT2D eigenvalue weighted by Gasteiger charge is 2.03. The van der Waals surface area contributed by atoms with Crippen LogP contribution >= 0.6 is 15.9 Å². The Labute approximate surface area is 83.9 Å². The maximum Gasteiger partial charge on any atom is 0.213 e. The summed E-state index contributed by atoms with van der Waals surface area (Å²) in [7, 11) is 0. The van der Waals surface area contributed by atoms with Gasteiger partial charge in [0.15, 0.2) is 5.82 Å². The Balaban J connectivity index is 2.24. The lowest BCUT2D eigenvalue weighted by Gasteiger charge is -1.98. The lowest BCUT2D eigenvalue weighted by atomic mass is 10.1. The summed E-state index contributed by atoms with van der Waals surface area (Å²) < 4.78 is 5.72. The molecule has 1 aromatic heterocycles. The van der Waals surface area contributed by atoms with E-state index in [9.17, 15) is 0 Å². The van der Waals surface area contributed by atoms with Gasteiger partial charge < -0.3 is 4.52 Å². The third-order valence-electron chi connectivity index (χ3n) is 1.71. The second-order valence-electron chi connectivity index (χ2n) is 2.62. The Morgan fingerprint density at radius 2 is 2.15 bits per heavy atom. The molecule has 0 atom stereocenters. The van der Waals surface area contributed by atoms with Crippen molar-refractivity contribution >= 4 is 15.9 Å². The number of benzene rings is 1. The van der Waals surface area contributed by atoms with Crippen LogP contribution in [0, 0.1) is 0 Å². The molecule has 4 heteroatoms. The Morgan fingerprint density at radius 3 is 2.85 bits per heavy atom. The second kappa shape index (κ2) is 3.70. The summed E-state index contributed by atoms with van der Waals surface area (Å²) >= 11 is 3.46. The van der Waals surface area contributed by atoms with Crippen LogP contribution in [0.15, 0.2) is 39.7 Å². The van der Waals surface area contributed by atoms with Crippen molar-refractivity contribution in [3.63, 3.8) is 0 Å². The number of nitrogens with zero attached hydrogens (tertiary/aromatic N) is 2. The topological polar surface area (TPSA) is 38.9 Å². The summed E-state index contributed by atoms with van der Waals surface area (Å²) in [5.74, 6) is 0.701. The van der Waals surface area contributed by atoms with E-state index in [4.69, 9.17) is 0 Å². The first-order valence-electron chi connectivity index (χ1n) is 3.85. The van der Waals surface area contributed by atoms with Crippen LogP contribution in [0.5, 0.6) is 0 Å². The van der Waals surface area contributed by atoms with E-state index in [-0.39, 0.29) is 0 Å². The minimum absolute atomic E-state index is 0.692. The predicted molar refractivity (Wildman–Crippen MR) is 51.2 cm³/mol. The van der Waals surface area contributed by atoms with Gasteiger partial charge in [-0.15, -0.1) is 0 Å². The first kappa shape index (κ1) is 8.44. The van der Waals surface area contributed by atoms with Crippen LogP contribution < -0.4 is 0 Å². The molecule has 1 aromatic carbocycles. The van der Waals surface area contributed by atoms with E-state index < -0.39 is 0 Å². The van der Waals surface area contributed by atoms with Gasteiger partial charge in [-0.3, -0.25) is 0 Å². The molecule has 0 unspecified atom stereocenters. The smallest absolute Gasteiger partial charge is 0.213 e. The molecular weight excluding hydrogens is 232 g/mol. The van der Waals surface area contributed by atoms with Crippen LogP contribution in [-0.4, -0.2) is 10.1 Å². The summed E-state index contributed by atoms with van der Waals surface area (Å²) in [4.78, 5) is 3.95. The standard InChI is InChI=1S/C9H7BrN2O/c10-8-4-2-1-3-7(8)5-9-11-6-13-12-9/h1-4,6H,5H2. The highest BCUT2D eigenvalue weighted by Crippen LogP contribution is 2.17. The maximum absolute atomic E-state index is 4.65. The van der Waals surface area contributed by atoms with Crippen molar-refractivity contribution in [1.82, 2.24) is 10.1 Å². The molecule has 13 heavy (non-hydrogen) atoms. The van der Waals surface area contributed by atoms with Gasteiger partial charge in [-0.25, -0.2) is 0 Å². The van der Waals surface area contributed by atoms with Gasteiger partial charge in [0.2, 0.25) is 6.39 Å². The van der Waals surface area contributed by atoms with E-state index in [0.717, 1.165) is 10.0 Å². The molecule has 2 rings (SSSR count). The van der Waals surface area contributed by atoms with E-state index in [1.54, 1.807) is 0 Å². The molecule has 0 N–H and O–H groups in total. The normalized spacial score (nSPS) is 10.2. The Bertz CT molecular complexity index is 386. The molecule has 66 valence electrons. The van der Waals surface area contributed by atoms with Gasteiger partial charge in [-0.05, 0) is 11.6 Å². The van der Waals surface area contributed by atoms with Crippen LogP contribution in [-0.2, 0) is 6.42 Å². The molecule has 0 fully saturated rings. The summed E-state index contributed by atoms with van der Waals surface area (Å²) in [6.07, 6.45) is 2.03. The first-order valence-corrected chi connectivity index (χ1v) is 4.64. The van der Waals surface area contributed by atoms with Gasteiger partial charge in [0.05, 0.1) is 0 Å². The van der Waals surface area contributed by atoms with E-state index in [0.29, 0.717) is 12.2 Å². The molecule has 0 aliphatic carbocycles. The highest BCUT2D eigenvalue weighted by molar-refractivity contribution is 9.10. The van der Waals surface area contributed by atoms with Crippen molar-refractivity contribution in [2.24, 2.45) is 0 Å². The van der Waals surface area contributed by atoms with Crippen LogP contribution in [0.4, 0.5) is 0 Å². The fraction of sp³-hybridized carbons (Fsp3) is 0.111. The van der Waals surface area contributed by atoms with E-state index in [2.05, 4.69) is 30.6 Å². The fourth-order valence-electron chi connectivity index (χ4n) is 1.08. The van der Waals surface area contributed by atoms with Crippen molar-refractivity contribution < 1.29 is 4.52 Å². The van der Waals surface area contributed by atoms with Crippen molar-refractivity contribution in [2.45, 2.75) is 6.42 Å². The van der Waals surface area contributed by atoms with Crippen LogP contribution in [0.3, 0.4) is 0 Å². The molecule has 0 radical (unpaired) electrons. The predicted octanol–water partition coefficient (Wildman–Crippen LogP) is 2.42. The number of aromatic nitrogens is 2. The molecule has 0 bridgehead atoms. The monoisotopic (exact) mass is 238 g/mol. The molecule has 0 spiro atoms. The van der Waals surface area contributed by atoms with Crippen molar-refractivity contribution in [2.75, 3.05) is 0 Å². The minimum atomic E-state index is 0.692. The zero-order chi connectivity index (χ0) is 9.10. The van der Waals surface area contributed by atoms with Gasteiger partial charge in [-0.1, -0.05) is 39.3 Å². The Hall–Kier alpha value is -1.16. The molecule has 1 heterocycles. The summed E-state index contributed by atoms with van der Waals surface area (Å²) in [6.45, 7) is 0. The third-order valence-corrected chi connectivity index (χ3v) is 2.49. The van der Waals surface area contributed by atoms with Crippen molar-refractivity contribution in [1.29, 1.82) is 0 Å². The Morgan fingerprint density at radius 1 is 1.31 bits per heavy atom. The summed E-state index contributed by atoms with van der Waals surface area (Å²) in [5, 5.41) is 3.75. The second-order valence-corrected chi connectivity index (χ2v) is 3.47. The summed E-state index contributed by atoms with van der Waals surface area (Å²) in [6, 6.07) is 7.99. The Kier molecular flexibility index (Phi) is 2.40. The zero-order valence-electron chi connectivity index (χ0n) is 6.77. The van der Waals surface area contributed by atoms with E-state index in [1.807, 2.05) is 24.3 Å². The van der Waals surface area contributed by atoms with Gasteiger partial charge in [0, 0.05) is 10.9 Å². The highest BCUT2D eigenvalue weighted by atomic mass is 79.9. The molecule has 0 amide bonds. The molecular formula is C9H7BrN2O. The SMILES string of the molecule is Brc1ccccc1Cc1ncon1. The lowest BCUT2D eigenvalue weighted by molar-refractivity contribution is 0.411. The van der Waals surface area contributed by atoms with Crippen LogP contribution in [0.2, 0.25) is 0 Å². The van der Waals surface area contributed by atoms with Gasteiger partial charge >= 0.3 is 0 Å². The quantitative estimate of drug-likeness (QED) is 0.807. The molecule has 2 aromatic rings. The van der Waals surface area contributed by atoms with Gasteiger partial charge in [-0.2, -0.15) is 4.98 Å². The largest absolute Gasteiger partial charge is 0.343 e. The van der Waals surface area contributed by atoms with Gasteiger partial charge in [0.1, 0.15) is 0 Å². The number of hydrogen-bond acceptors (Lipinski definition) is 3. The van der Waals surface area contributed by atoms with Crippen molar-refractivity contribution in [3.05, 3.63) is 46.5 Å².